The fourth-order valence-corrected chi connectivity index (χ4v) is 2.56. The van der Waals surface area contributed by atoms with E-state index in [1.54, 1.807) is 4.90 Å². The number of halogens is 1. The van der Waals surface area contributed by atoms with Gasteiger partial charge in [0.2, 0.25) is 5.91 Å². The molecule has 4 nitrogen and oxygen atoms in total. The highest BCUT2D eigenvalue weighted by Crippen LogP contribution is 2.17. The van der Waals surface area contributed by atoms with E-state index in [9.17, 15) is 4.79 Å². The Morgan fingerprint density at radius 2 is 2.05 bits per heavy atom. The van der Waals surface area contributed by atoms with Gasteiger partial charge in [-0.05, 0) is 30.7 Å². The Morgan fingerprint density at radius 1 is 1.27 bits per heavy atom. The Hall–Kier alpha value is -1.59. The van der Waals surface area contributed by atoms with E-state index in [0.717, 1.165) is 21.6 Å². The first-order chi connectivity index (χ1) is 10.6. The highest BCUT2D eigenvalue weighted by molar-refractivity contribution is 9.10. The summed E-state index contributed by atoms with van der Waals surface area (Å²) >= 11 is 3.50. The van der Waals surface area contributed by atoms with Crippen molar-refractivity contribution in [1.29, 1.82) is 0 Å². The van der Waals surface area contributed by atoms with Gasteiger partial charge in [0.15, 0.2) is 0 Å². The molecule has 2 aromatic rings. The van der Waals surface area contributed by atoms with Gasteiger partial charge in [-0.1, -0.05) is 34.1 Å². The molecular formula is C17H21BrN2O2. The van der Waals surface area contributed by atoms with Gasteiger partial charge in [-0.3, -0.25) is 4.79 Å². The first-order valence-electron chi connectivity index (χ1n) is 7.29. The number of hydrogen-bond donors (Lipinski definition) is 1. The van der Waals surface area contributed by atoms with Crippen molar-refractivity contribution in [1.82, 2.24) is 10.2 Å². The van der Waals surface area contributed by atoms with Gasteiger partial charge in [-0.15, -0.1) is 0 Å². The molecule has 1 amide bonds. The summed E-state index contributed by atoms with van der Waals surface area (Å²) in [5.74, 6) is 1.92. The summed E-state index contributed by atoms with van der Waals surface area (Å²) < 4.78 is 6.50. The Labute approximate surface area is 139 Å². The van der Waals surface area contributed by atoms with Crippen LogP contribution in [0.25, 0.3) is 0 Å². The number of nitrogens with one attached hydrogen (secondary N) is 1. The second-order valence-corrected chi connectivity index (χ2v) is 6.13. The monoisotopic (exact) mass is 364 g/mol. The zero-order chi connectivity index (χ0) is 15.9. The van der Waals surface area contributed by atoms with Gasteiger partial charge in [0.1, 0.15) is 11.5 Å². The van der Waals surface area contributed by atoms with Crippen LogP contribution in [0.4, 0.5) is 0 Å². The summed E-state index contributed by atoms with van der Waals surface area (Å²) in [5, 5.41) is 3.23. The van der Waals surface area contributed by atoms with Crippen molar-refractivity contribution in [3.63, 3.8) is 0 Å². The number of carbonyl (C=O) groups is 1. The van der Waals surface area contributed by atoms with Crippen molar-refractivity contribution in [3.8, 4) is 0 Å². The predicted molar refractivity (Wildman–Crippen MR) is 90.4 cm³/mol. The lowest BCUT2D eigenvalue weighted by Gasteiger charge is -2.18. The fourth-order valence-electron chi connectivity index (χ4n) is 2.15. The molecule has 22 heavy (non-hydrogen) atoms. The van der Waals surface area contributed by atoms with E-state index >= 15 is 0 Å². The number of furan rings is 1. The molecule has 5 heteroatoms. The average Bonchev–Trinajstić information content (AvgIpc) is 2.91. The minimum Gasteiger partial charge on any atom is -0.465 e. The predicted octanol–water partition coefficient (Wildman–Crippen LogP) is 3.49. The van der Waals surface area contributed by atoms with Gasteiger partial charge < -0.3 is 14.6 Å². The van der Waals surface area contributed by atoms with Crippen LogP contribution in [0.5, 0.6) is 0 Å². The molecule has 1 heterocycles. The second-order valence-electron chi connectivity index (χ2n) is 5.28. The number of aryl methyl sites for hydroxylation is 1. The largest absolute Gasteiger partial charge is 0.465 e. The van der Waals surface area contributed by atoms with Gasteiger partial charge >= 0.3 is 0 Å². The molecule has 0 saturated carbocycles. The van der Waals surface area contributed by atoms with Crippen LogP contribution in [-0.4, -0.2) is 24.4 Å². The van der Waals surface area contributed by atoms with E-state index in [2.05, 4.69) is 21.2 Å². The van der Waals surface area contributed by atoms with Gasteiger partial charge in [0.05, 0.1) is 6.54 Å². The molecule has 0 radical (unpaired) electrons. The maximum Gasteiger partial charge on any atom is 0.223 e. The van der Waals surface area contributed by atoms with E-state index in [4.69, 9.17) is 4.42 Å². The molecule has 0 aliphatic heterocycles. The van der Waals surface area contributed by atoms with Gasteiger partial charge in [-0.25, -0.2) is 0 Å². The van der Waals surface area contributed by atoms with E-state index < -0.39 is 0 Å². The van der Waals surface area contributed by atoms with Gasteiger partial charge in [-0.2, -0.15) is 0 Å². The summed E-state index contributed by atoms with van der Waals surface area (Å²) in [7, 11) is 1.83. The third-order valence-corrected chi connectivity index (χ3v) is 4.18. The van der Waals surface area contributed by atoms with Gasteiger partial charge in [0, 0.05) is 31.0 Å². The van der Waals surface area contributed by atoms with Gasteiger partial charge in [0.25, 0.3) is 0 Å². The van der Waals surface area contributed by atoms with Crippen LogP contribution in [0, 0.1) is 6.92 Å². The lowest BCUT2D eigenvalue weighted by Crippen LogP contribution is -2.29. The Bertz CT molecular complexity index is 625. The number of carbonyl (C=O) groups excluding carboxylic acids is 1. The molecule has 118 valence electrons. The molecule has 0 spiro atoms. The average molecular weight is 365 g/mol. The molecule has 0 aliphatic carbocycles. The van der Waals surface area contributed by atoms with Crippen LogP contribution in [0.1, 0.15) is 23.5 Å². The van der Waals surface area contributed by atoms with Crippen LogP contribution in [0.3, 0.4) is 0 Å². The Morgan fingerprint density at radius 3 is 2.73 bits per heavy atom. The maximum absolute atomic E-state index is 12.1. The van der Waals surface area contributed by atoms with E-state index in [1.165, 1.54) is 0 Å². The fraction of sp³-hybridized carbons (Fsp3) is 0.353. The van der Waals surface area contributed by atoms with Crippen LogP contribution in [0.15, 0.2) is 45.3 Å². The topological polar surface area (TPSA) is 45.5 Å². The standard InChI is InChI=1S/C17H21BrN2O2/c1-13-7-8-15(22-13)11-19-10-9-17(21)20(2)12-14-5-3-4-6-16(14)18/h3-8,19H,9-12H2,1-2H3. The summed E-state index contributed by atoms with van der Waals surface area (Å²) in [4.78, 5) is 13.9. The zero-order valence-corrected chi connectivity index (χ0v) is 14.5. The third kappa shape index (κ3) is 5.00. The molecule has 1 N–H and O–H groups in total. The summed E-state index contributed by atoms with van der Waals surface area (Å²) in [6.07, 6.45) is 0.473. The van der Waals surface area contributed by atoms with Crippen molar-refractivity contribution >= 4 is 21.8 Å². The maximum atomic E-state index is 12.1. The lowest BCUT2D eigenvalue weighted by atomic mass is 10.2. The highest BCUT2D eigenvalue weighted by Gasteiger charge is 2.10. The minimum atomic E-state index is 0.124. The number of amides is 1. The quantitative estimate of drug-likeness (QED) is 0.764. The number of nitrogens with zero attached hydrogens (tertiary/aromatic N) is 1. The van der Waals surface area contributed by atoms with Crippen molar-refractivity contribution < 1.29 is 9.21 Å². The van der Waals surface area contributed by atoms with E-state index in [1.807, 2.05) is 50.4 Å². The molecule has 0 fully saturated rings. The first-order valence-corrected chi connectivity index (χ1v) is 8.09. The van der Waals surface area contributed by atoms with Crippen molar-refractivity contribution in [3.05, 3.63) is 58.0 Å². The van der Waals surface area contributed by atoms with E-state index in [-0.39, 0.29) is 5.91 Å². The molecular weight excluding hydrogens is 344 g/mol. The number of benzene rings is 1. The van der Waals surface area contributed by atoms with Crippen LogP contribution < -0.4 is 5.32 Å². The highest BCUT2D eigenvalue weighted by atomic mass is 79.9. The molecule has 2 rings (SSSR count). The Balaban J connectivity index is 1.71. The molecule has 1 aromatic heterocycles. The summed E-state index contributed by atoms with van der Waals surface area (Å²) in [6.45, 7) is 3.81. The zero-order valence-electron chi connectivity index (χ0n) is 12.9. The molecule has 0 aliphatic rings. The minimum absolute atomic E-state index is 0.124. The Kier molecular flexibility index (Phi) is 6.21. The number of hydrogen-bond acceptors (Lipinski definition) is 3. The molecule has 0 atom stereocenters. The summed E-state index contributed by atoms with van der Waals surface area (Å²) in [5.41, 5.74) is 1.11. The normalized spacial score (nSPS) is 10.7. The van der Waals surface area contributed by atoms with Crippen LogP contribution in [-0.2, 0) is 17.9 Å². The molecule has 0 unspecified atom stereocenters. The lowest BCUT2D eigenvalue weighted by molar-refractivity contribution is -0.130. The van der Waals surface area contributed by atoms with Crippen molar-refractivity contribution in [2.75, 3.05) is 13.6 Å². The van der Waals surface area contributed by atoms with Crippen molar-refractivity contribution in [2.24, 2.45) is 0 Å². The third-order valence-electron chi connectivity index (χ3n) is 3.40. The van der Waals surface area contributed by atoms with E-state index in [0.29, 0.717) is 26.1 Å². The van der Waals surface area contributed by atoms with Crippen LogP contribution in [0.2, 0.25) is 0 Å². The smallest absolute Gasteiger partial charge is 0.223 e. The molecule has 0 bridgehead atoms. The SMILES string of the molecule is Cc1ccc(CNCCC(=O)N(C)Cc2ccccc2Br)o1. The molecule has 0 saturated heterocycles. The number of rotatable bonds is 7. The second kappa shape index (κ2) is 8.15. The summed E-state index contributed by atoms with van der Waals surface area (Å²) in [6, 6.07) is 11.8. The first kappa shape index (κ1) is 16.8. The van der Waals surface area contributed by atoms with Crippen molar-refractivity contribution in [2.45, 2.75) is 26.4 Å². The molecule has 1 aromatic carbocycles. The van der Waals surface area contributed by atoms with Crippen LogP contribution >= 0.6 is 15.9 Å².